The maximum absolute atomic E-state index is 11.6. The molecule has 10 heteroatoms. The van der Waals surface area contributed by atoms with E-state index in [1.807, 2.05) is 34.9 Å². The molecule has 3 aromatic heterocycles. The average Bonchev–Trinajstić information content (AvgIpc) is 3.36. The van der Waals surface area contributed by atoms with Crippen molar-refractivity contribution in [2.75, 3.05) is 11.4 Å². The van der Waals surface area contributed by atoms with Gasteiger partial charge in [-0.25, -0.2) is 5.10 Å². The highest BCUT2D eigenvalue weighted by molar-refractivity contribution is 6.30. The fourth-order valence-electron chi connectivity index (χ4n) is 3.48. The van der Waals surface area contributed by atoms with Crippen molar-refractivity contribution >= 4 is 17.5 Å². The summed E-state index contributed by atoms with van der Waals surface area (Å²) in [6.45, 7) is 2.13. The Bertz CT molecular complexity index is 1230. The van der Waals surface area contributed by atoms with Crippen molar-refractivity contribution in [2.24, 2.45) is 0 Å². The summed E-state index contributed by atoms with van der Waals surface area (Å²) in [5.74, 6) is 2.03. The molecule has 4 aromatic rings. The Labute approximate surface area is 169 Å². The van der Waals surface area contributed by atoms with Crippen molar-refractivity contribution in [1.82, 2.24) is 30.1 Å². The summed E-state index contributed by atoms with van der Waals surface area (Å²) in [6.07, 6.45) is 2.50. The predicted molar refractivity (Wildman–Crippen MR) is 106 cm³/mol. The molecule has 0 spiro atoms. The van der Waals surface area contributed by atoms with Gasteiger partial charge in [0.15, 0.2) is 11.6 Å². The third-order valence-corrected chi connectivity index (χ3v) is 5.00. The second kappa shape index (κ2) is 7.17. The molecule has 0 amide bonds. The van der Waals surface area contributed by atoms with Gasteiger partial charge in [0.1, 0.15) is 5.69 Å². The number of benzene rings is 1. The number of hydrogen-bond acceptors (Lipinski definition) is 7. The van der Waals surface area contributed by atoms with Crippen LogP contribution in [0.2, 0.25) is 5.02 Å². The molecule has 1 aliphatic heterocycles. The Morgan fingerprint density at radius 2 is 2.07 bits per heavy atom. The number of aromatic amines is 1. The number of nitrogens with zero attached hydrogens (tertiary/aromatic N) is 6. The van der Waals surface area contributed by atoms with Crippen molar-refractivity contribution in [3.8, 4) is 22.7 Å². The Morgan fingerprint density at radius 3 is 2.93 bits per heavy atom. The van der Waals surface area contributed by atoms with Gasteiger partial charge < -0.3 is 9.42 Å². The Hall–Kier alpha value is -3.46. The number of hydrogen-bond donors (Lipinski definition) is 1. The van der Waals surface area contributed by atoms with Crippen LogP contribution in [0.4, 0.5) is 5.95 Å². The number of fused-ring (bicyclic) bond motifs is 1. The molecule has 4 heterocycles. The summed E-state index contributed by atoms with van der Waals surface area (Å²) in [7, 11) is 0. The Morgan fingerprint density at radius 1 is 1.14 bits per heavy atom. The number of aromatic nitrogens is 6. The molecule has 0 radical (unpaired) electrons. The smallest absolute Gasteiger partial charge is 0.264 e. The number of halogens is 1. The third kappa shape index (κ3) is 3.40. The largest absolute Gasteiger partial charge is 0.356 e. The lowest BCUT2D eigenvalue weighted by molar-refractivity contribution is 0.421. The first-order chi connectivity index (χ1) is 14.2. The van der Waals surface area contributed by atoms with Gasteiger partial charge in [-0.3, -0.25) is 9.36 Å². The van der Waals surface area contributed by atoms with E-state index in [1.54, 1.807) is 6.20 Å². The lowest BCUT2D eigenvalue weighted by atomic mass is 10.1. The zero-order chi connectivity index (χ0) is 19.8. The maximum atomic E-state index is 11.6. The van der Waals surface area contributed by atoms with Crippen LogP contribution in [0.25, 0.3) is 22.7 Å². The first-order valence-corrected chi connectivity index (χ1v) is 9.50. The standard InChI is InChI=1S/C19H16ClN7O2/c20-14-4-1-3-12(7-14)16-9-15(25-29-16)11-26-5-2-6-27-18(23-24-19(26)27)13-8-17(28)22-21-10-13/h1,3-4,7-10H,2,5-6,11H2,(H,22,28). The van der Waals surface area contributed by atoms with Gasteiger partial charge in [0.2, 0.25) is 5.95 Å². The molecule has 0 unspecified atom stereocenters. The zero-order valence-corrected chi connectivity index (χ0v) is 16.0. The highest BCUT2D eigenvalue weighted by Gasteiger charge is 2.24. The van der Waals surface area contributed by atoms with Crippen LogP contribution in [0.1, 0.15) is 12.1 Å². The molecule has 1 aromatic carbocycles. The monoisotopic (exact) mass is 409 g/mol. The number of nitrogens with one attached hydrogen (secondary N) is 1. The van der Waals surface area contributed by atoms with Crippen molar-refractivity contribution in [1.29, 1.82) is 0 Å². The highest BCUT2D eigenvalue weighted by Crippen LogP contribution is 2.28. The molecular formula is C19H16ClN7O2. The SMILES string of the molecule is O=c1cc(-c2nnc3n2CCCN3Cc2cc(-c3cccc(Cl)c3)on2)cn[nH]1. The molecule has 9 nitrogen and oxygen atoms in total. The van der Waals surface area contributed by atoms with Crippen molar-refractivity contribution in [3.05, 3.63) is 63.7 Å². The molecule has 0 atom stereocenters. The van der Waals surface area contributed by atoms with Gasteiger partial charge in [-0.2, -0.15) is 5.10 Å². The first kappa shape index (κ1) is 17.6. The van der Waals surface area contributed by atoms with E-state index in [2.05, 4.69) is 30.5 Å². The lowest BCUT2D eigenvalue weighted by Gasteiger charge is -2.28. The summed E-state index contributed by atoms with van der Waals surface area (Å²) >= 11 is 6.06. The number of anilines is 1. The average molecular weight is 410 g/mol. The molecule has 1 N–H and O–H groups in total. The van der Waals surface area contributed by atoms with Crippen molar-refractivity contribution in [3.63, 3.8) is 0 Å². The van der Waals surface area contributed by atoms with E-state index in [0.717, 1.165) is 36.7 Å². The van der Waals surface area contributed by atoms with Gasteiger partial charge in [-0.15, -0.1) is 10.2 Å². The van der Waals surface area contributed by atoms with Crippen LogP contribution in [0.15, 0.2) is 51.9 Å². The van der Waals surface area contributed by atoms with Crippen LogP contribution in [0.3, 0.4) is 0 Å². The summed E-state index contributed by atoms with van der Waals surface area (Å²) in [5, 5.41) is 19.7. The quantitative estimate of drug-likeness (QED) is 0.552. The van der Waals surface area contributed by atoms with Crippen LogP contribution in [0.5, 0.6) is 0 Å². The second-order valence-electron chi connectivity index (χ2n) is 6.78. The van der Waals surface area contributed by atoms with Gasteiger partial charge in [-0.05, 0) is 18.6 Å². The van der Waals surface area contributed by atoms with E-state index in [9.17, 15) is 4.79 Å². The van der Waals surface area contributed by atoms with E-state index in [4.69, 9.17) is 16.1 Å². The van der Waals surface area contributed by atoms with Gasteiger partial charge in [-0.1, -0.05) is 28.9 Å². The zero-order valence-electron chi connectivity index (χ0n) is 15.2. The minimum absolute atomic E-state index is 0.274. The molecule has 0 bridgehead atoms. The van der Waals surface area contributed by atoms with Gasteiger partial charge in [0.05, 0.1) is 12.7 Å². The van der Waals surface area contributed by atoms with Gasteiger partial charge in [0.25, 0.3) is 5.56 Å². The Balaban J connectivity index is 1.41. The van der Waals surface area contributed by atoms with Crippen LogP contribution >= 0.6 is 11.6 Å². The molecule has 29 heavy (non-hydrogen) atoms. The topological polar surface area (TPSA) is 106 Å². The third-order valence-electron chi connectivity index (χ3n) is 4.77. The van der Waals surface area contributed by atoms with Crippen LogP contribution in [-0.4, -0.2) is 36.7 Å². The second-order valence-corrected chi connectivity index (χ2v) is 7.21. The van der Waals surface area contributed by atoms with E-state index in [1.165, 1.54) is 6.07 Å². The molecule has 146 valence electrons. The fraction of sp³-hybridized carbons (Fsp3) is 0.211. The number of rotatable bonds is 4. The van der Waals surface area contributed by atoms with Crippen molar-refractivity contribution < 1.29 is 4.52 Å². The fourth-order valence-corrected chi connectivity index (χ4v) is 3.67. The molecule has 1 aliphatic rings. The van der Waals surface area contributed by atoms with Gasteiger partial charge >= 0.3 is 0 Å². The van der Waals surface area contributed by atoms with E-state index < -0.39 is 0 Å². The summed E-state index contributed by atoms with van der Waals surface area (Å²) < 4.78 is 7.50. The van der Waals surface area contributed by atoms with Crippen molar-refractivity contribution in [2.45, 2.75) is 19.5 Å². The van der Waals surface area contributed by atoms with Gasteiger partial charge in [0, 0.05) is 41.4 Å². The summed E-state index contributed by atoms with van der Waals surface area (Å²) in [5.41, 5.74) is 2.03. The molecular weight excluding hydrogens is 394 g/mol. The minimum atomic E-state index is -0.274. The number of H-pyrrole nitrogens is 1. The highest BCUT2D eigenvalue weighted by atomic mass is 35.5. The first-order valence-electron chi connectivity index (χ1n) is 9.12. The summed E-state index contributed by atoms with van der Waals surface area (Å²) in [4.78, 5) is 13.7. The molecule has 0 aliphatic carbocycles. The lowest BCUT2D eigenvalue weighted by Crippen LogP contribution is -2.32. The molecule has 0 saturated heterocycles. The van der Waals surface area contributed by atoms with E-state index in [0.29, 0.717) is 28.7 Å². The maximum Gasteiger partial charge on any atom is 0.264 e. The predicted octanol–water partition coefficient (Wildman–Crippen LogP) is 2.75. The molecule has 5 rings (SSSR count). The van der Waals surface area contributed by atoms with E-state index >= 15 is 0 Å². The normalized spacial score (nSPS) is 13.5. The van der Waals surface area contributed by atoms with Crippen LogP contribution in [0, 0.1) is 0 Å². The summed E-state index contributed by atoms with van der Waals surface area (Å²) in [6, 6.07) is 10.8. The Kier molecular flexibility index (Phi) is 4.36. The van der Waals surface area contributed by atoms with Crippen LogP contribution in [-0.2, 0) is 13.1 Å². The van der Waals surface area contributed by atoms with E-state index in [-0.39, 0.29) is 5.56 Å². The minimum Gasteiger partial charge on any atom is -0.356 e. The van der Waals surface area contributed by atoms with Crippen LogP contribution < -0.4 is 10.5 Å². The molecule has 0 saturated carbocycles. The molecule has 0 fully saturated rings.